The molecule has 4 nitrogen and oxygen atoms in total. The number of ether oxygens (including phenoxy) is 1. The van der Waals surface area contributed by atoms with Crippen LogP contribution >= 0.6 is 0 Å². The molecule has 0 saturated carbocycles. The van der Waals surface area contributed by atoms with Crippen molar-refractivity contribution in [2.24, 2.45) is 0 Å². The van der Waals surface area contributed by atoms with Crippen LogP contribution < -0.4 is 4.74 Å². The summed E-state index contributed by atoms with van der Waals surface area (Å²) in [6, 6.07) is 18.3. The number of imidazole rings is 1. The molecule has 0 N–H and O–H groups in total. The molecule has 0 atom stereocenters. The zero-order valence-corrected chi connectivity index (χ0v) is 13.6. The van der Waals surface area contributed by atoms with Gasteiger partial charge in [0.1, 0.15) is 5.75 Å². The lowest BCUT2D eigenvalue weighted by atomic mass is 10.1. The Kier molecular flexibility index (Phi) is 3.50. The van der Waals surface area contributed by atoms with Crippen LogP contribution in [0.5, 0.6) is 5.75 Å². The first-order valence-corrected chi connectivity index (χ1v) is 7.79. The molecule has 4 rings (SSSR count). The Hall–Kier alpha value is -3.14. The normalized spacial score (nSPS) is 10.9. The summed E-state index contributed by atoms with van der Waals surface area (Å²) in [6.07, 6.45) is 3.84. The smallest absolute Gasteiger partial charge is 0.118 e. The number of hydrogen-bond donors (Lipinski definition) is 0. The Morgan fingerprint density at radius 3 is 2.50 bits per heavy atom. The van der Waals surface area contributed by atoms with E-state index in [4.69, 9.17) is 9.72 Å². The summed E-state index contributed by atoms with van der Waals surface area (Å²) in [6.45, 7) is 1.99. The lowest BCUT2D eigenvalue weighted by Crippen LogP contribution is -1.91. The molecule has 24 heavy (non-hydrogen) atoms. The van der Waals surface area contributed by atoms with E-state index in [-0.39, 0.29) is 0 Å². The Morgan fingerprint density at radius 2 is 1.79 bits per heavy atom. The third kappa shape index (κ3) is 2.63. The maximum absolute atomic E-state index is 5.20. The van der Waals surface area contributed by atoms with Gasteiger partial charge in [0.25, 0.3) is 0 Å². The van der Waals surface area contributed by atoms with Gasteiger partial charge in [-0.25, -0.2) is 9.97 Å². The molecule has 4 aromatic rings. The standard InChI is InChI=1S/C20H17N3O/c1-14-12-23(13-21-14)17-6-10-20-16(11-17)5-9-19(22-20)15-3-7-18(24-2)8-4-15/h3-13H,1-2H3. The first kappa shape index (κ1) is 14.5. The number of fused-ring (bicyclic) bond motifs is 1. The summed E-state index contributed by atoms with van der Waals surface area (Å²) < 4.78 is 7.22. The van der Waals surface area contributed by atoms with E-state index in [1.807, 2.05) is 60.4 Å². The van der Waals surface area contributed by atoms with E-state index in [0.29, 0.717) is 0 Å². The van der Waals surface area contributed by atoms with E-state index >= 15 is 0 Å². The van der Waals surface area contributed by atoms with Crippen molar-refractivity contribution in [2.45, 2.75) is 6.92 Å². The molecule has 118 valence electrons. The highest BCUT2D eigenvalue weighted by molar-refractivity contribution is 5.83. The molecule has 4 heteroatoms. The van der Waals surface area contributed by atoms with E-state index in [1.54, 1.807) is 7.11 Å². The third-order valence-electron chi connectivity index (χ3n) is 4.07. The molecular weight excluding hydrogens is 298 g/mol. The summed E-state index contributed by atoms with van der Waals surface area (Å²) in [5, 5.41) is 1.11. The molecule has 2 aromatic carbocycles. The molecule has 0 bridgehead atoms. The SMILES string of the molecule is COc1ccc(-c2ccc3cc(-n4cnc(C)c4)ccc3n2)cc1. The monoisotopic (exact) mass is 315 g/mol. The maximum Gasteiger partial charge on any atom is 0.118 e. The molecule has 0 saturated heterocycles. The zero-order valence-electron chi connectivity index (χ0n) is 13.6. The quantitative estimate of drug-likeness (QED) is 0.562. The highest BCUT2D eigenvalue weighted by atomic mass is 16.5. The Labute approximate surface area is 140 Å². The van der Waals surface area contributed by atoms with Gasteiger partial charge in [-0.1, -0.05) is 6.07 Å². The minimum atomic E-state index is 0.847. The predicted molar refractivity (Wildman–Crippen MR) is 95.6 cm³/mol. The number of nitrogens with zero attached hydrogens (tertiary/aromatic N) is 3. The van der Waals surface area contributed by atoms with Crippen LogP contribution in [0.3, 0.4) is 0 Å². The van der Waals surface area contributed by atoms with Crippen LogP contribution in [0.2, 0.25) is 0 Å². The van der Waals surface area contributed by atoms with Gasteiger partial charge in [-0.3, -0.25) is 0 Å². The second kappa shape index (κ2) is 5.81. The Balaban J connectivity index is 1.73. The number of methoxy groups -OCH3 is 1. The second-order valence-corrected chi connectivity index (χ2v) is 5.72. The van der Waals surface area contributed by atoms with Crippen molar-refractivity contribution in [3.05, 3.63) is 72.8 Å². The number of aryl methyl sites for hydroxylation is 1. The zero-order chi connectivity index (χ0) is 16.5. The third-order valence-corrected chi connectivity index (χ3v) is 4.07. The molecule has 2 aromatic heterocycles. The minimum Gasteiger partial charge on any atom is -0.497 e. The maximum atomic E-state index is 5.20. The molecule has 2 heterocycles. The fourth-order valence-corrected chi connectivity index (χ4v) is 2.76. The Bertz CT molecular complexity index is 1000. The molecule has 0 unspecified atom stereocenters. The molecule has 0 fully saturated rings. The van der Waals surface area contributed by atoms with Crippen molar-refractivity contribution in [1.29, 1.82) is 0 Å². The van der Waals surface area contributed by atoms with E-state index in [9.17, 15) is 0 Å². The van der Waals surface area contributed by atoms with Gasteiger partial charge < -0.3 is 9.30 Å². The molecule has 0 amide bonds. The van der Waals surface area contributed by atoms with Crippen LogP contribution in [0.1, 0.15) is 5.69 Å². The molecule has 0 aliphatic rings. The van der Waals surface area contributed by atoms with E-state index in [1.165, 1.54) is 0 Å². The minimum absolute atomic E-state index is 0.847. The van der Waals surface area contributed by atoms with Crippen molar-refractivity contribution in [3.63, 3.8) is 0 Å². The number of rotatable bonds is 3. The summed E-state index contributed by atoms with van der Waals surface area (Å²) in [4.78, 5) is 9.05. The fourth-order valence-electron chi connectivity index (χ4n) is 2.76. The van der Waals surface area contributed by atoms with E-state index in [2.05, 4.69) is 23.2 Å². The van der Waals surface area contributed by atoms with Crippen molar-refractivity contribution in [3.8, 4) is 22.7 Å². The summed E-state index contributed by atoms with van der Waals surface area (Å²) in [5.41, 5.74) is 5.09. The summed E-state index contributed by atoms with van der Waals surface area (Å²) >= 11 is 0. The average Bonchev–Trinajstić information content (AvgIpc) is 3.07. The predicted octanol–water partition coefficient (Wildman–Crippen LogP) is 4.40. The van der Waals surface area contributed by atoms with Crippen molar-refractivity contribution in [1.82, 2.24) is 14.5 Å². The number of pyridine rings is 1. The lowest BCUT2D eigenvalue weighted by molar-refractivity contribution is 0.415. The highest BCUT2D eigenvalue weighted by Gasteiger charge is 2.04. The van der Waals surface area contributed by atoms with E-state index in [0.717, 1.165) is 39.3 Å². The molecule has 0 aliphatic carbocycles. The van der Waals surface area contributed by atoms with Gasteiger partial charge in [-0.05, 0) is 55.5 Å². The van der Waals surface area contributed by atoms with Crippen LogP contribution in [0, 0.1) is 6.92 Å². The number of aromatic nitrogens is 3. The number of hydrogen-bond acceptors (Lipinski definition) is 3. The molecule has 0 radical (unpaired) electrons. The lowest BCUT2D eigenvalue weighted by Gasteiger charge is -2.07. The van der Waals surface area contributed by atoms with Crippen LogP contribution in [0.4, 0.5) is 0 Å². The molecule has 0 aliphatic heterocycles. The molecular formula is C20H17N3O. The van der Waals surface area contributed by atoms with Crippen LogP contribution in [-0.4, -0.2) is 21.6 Å². The van der Waals surface area contributed by atoms with Crippen LogP contribution in [0.25, 0.3) is 27.8 Å². The topological polar surface area (TPSA) is 39.9 Å². The van der Waals surface area contributed by atoms with Gasteiger partial charge in [0.2, 0.25) is 0 Å². The van der Waals surface area contributed by atoms with Gasteiger partial charge in [0.05, 0.1) is 30.3 Å². The van der Waals surface area contributed by atoms with Gasteiger partial charge in [0, 0.05) is 22.8 Å². The first-order chi connectivity index (χ1) is 11.7. The summed E-state index contributed by atoms with van der Waals surface area (Å²) in [5.74, 6) is 0.847. The van der Waals surface area contributed by atoms with Gasteiger partial charge in [-0.15, -0.1) is 0 Å². The van der Waals surface area contributed by atoms with Gasteiger partial charge >= 0.3 is 0 Å². The largest absolute Gasteiger partial charge is 0.497 e. The molecule has 0 spiro atoms. The van der Waals surface area contributed by atoms with Crippen LogP contribution in [-0.2, 0) is 0 Å². The van der Waals surface area contributed by atoms with E-state index < -0.39 is 0 Å². The van der Waals surface area contributed by atoms with Crippen LogP contribution in [0.15, 0.2) is 67.1 Å². The van der Waals surface area contributed by atoms with Crippen molar-refractivity contribution >= 4 is 10.9 Å². The van der Waals surface area contributed by atoms with Crippen molar-refractivity contribution in [2.75, 3.05) is 7.11 Å². The second-order valence-electron chi connectivity index (χ2n) is 5.72. The average molecular weight is 315 g/mol. The Morgan fingerprint density at radius 1 is 0.958 bits per heavy atom. The fraction of sp³-hybridized carbons (Fsp3) is 0.100. The van der Waals surface area contributed by atoms with Crippen molar-refractivity contribution < 1.29 is 4.74 Å². The summed E-state index contributed by atoms with van der Waals surface area (Å²) in [7, 11) is 1.67. The highest BCUT2D eigenvalue weighted by Crippen LogP contribution is 2.24. The van der Waals surface area contributed by atoms with Gasteiger partial charge in [-0.2, -0.15) is 0 Å². The number of benzene rings is 2. The first-order valence-electron chi connectivity index (χ1n) is 7.79. The van der Waals surface area contributed by atoms with Gasteiger partial charge in [0.15, 0.2) is 0 Å².